The summed E-state index contributed by atoms with van der Waals surface area (Å²) in [6.07, 6.45) is 0. The molecule has 9 aromatic rings. The summed E-state index contributed by atoms with van der Waals surface area (Å²) in [7, 11) is 0. The molecular formula is C43H29N3. The van der Waals surface area contributed by atoms with Crippen LogP contribution in [0.4, 0.5) is 0 Å². The summed E-state index contributed by atoms with van der Waals surface area (Å²) in [5.41, 5.74) is 10.4. The van der Waals surface area contributed by atoms with Crippen molar-refractivity contribution in [1.29, 1.82) is 0 Å². The molecule has 0 saturated carbocycles. The van der Waals surface area contributed by atoms with Gasteiger partial charge in [-0.25, -0.2) is 9.97 Å². The lowest BCUT2D eigenvalue weighted by molar-refractivity contribution is 0.661. The van der Waals surface area contributed by atoms with Gasteiger partial charge < -0.3 is 0 Å². The van der Waals surface area contributed by atoms with E-state index in [0.29, 0.717) is 5.95 Å². The Morgan fingerprint density at radius 2 is 1.15 bits per heavy atom. The molecule has 0 fully saturated rings. The molecule has 0 saturated heterocycles. The summed E-state index contributed by atoms with van der Waals surface area (Å²) >= 11 is 0. The molecule has 0 amide bonds. The average Bonchev–Trinajstić information content (AvgIpc) is 3.55. The fourth-order valence-electron chi connectivity index (χ4n) is 7.99. The van der Waals surface area contributed by atoms with Gasteiger partial charge in [0.25, 0.3) is 0 Å². The van der Waals surface area contributed by atoms with Gasteiger partial charge in [0, 0.05) is 27.1 Å². The van der Waals surface area contributed by atoms with Crippen LogP contribution >= 0.6 is 0 Å². The highest BCUT2D eigenvalue weighted by Crippen LogP contribution is 2.54. The van der Waals surface area contributed by atoms with E-state index in [0.717, 1.165) is 33.2 Å². The molecule has 0 N–H and O–H groups in total. The van der Waals surface area contributed by atoms with Crippen LogP contribution in [0, 0.1) is 0 Å². The highest BCUT2D eigenvalue weighted by Gasteiger charge is 2.38. The minimum absolute atomic E-state index is 0.135. The molecule has 0 bridgehead atoms. The Kier molecular flexibility index (Phi) is 5.06. The molecule has 0 radical (unpaired) electrons. The first kappa shape index (κ1) is 25.5. The monoisotopic (exact) mass is 587 g/mol. The van der Waals surface area contributed by atoms with Crippen molar-refractivity contribution in [1.82, 2.24) is 14.5 Å². The first-order valence-electron chi connectivity index (χ1n) is 15.9. The van der Waals surface area contributed by atoms with Crippen LogP contribution in [-0.4, -0.2) is 14.5 Å². The second-order valence-electron chi connectivity index (χ2n) is 13.0. The molecule has 0 aliphatic heterocycles. The molecule has 3 nitrogen and oxygen atoms in total. The lowest BCUT2D eigenvalue weighted by Gasteiger charge is -2.22. The topological polar surface area (TPSA) is 30.7 Å². The number of para-hydroxylation sites is 2. The zero-order chi connectivity index (χ0) is 30.6. The van der Waals surface area contributed by atoms with Crippen molar-refractivity contribution in [3.05, 3.63) is 151 Å². The summed E-state index contributed by atoms with van der Waals surface area (Å²) < 4.78 is 2.25. The lowest BCUT2D eigenvalue weighted by Crippen LogP contribution is -2.14. The smallest absolute Gasteiger partial charge is 0.235 e. The van der Waals surface area contributed by atoms with Crippen LogP contribution in [0.2, 0.25) is 0 Å². The largest absolute Gasteiger partial charge is 0.278 e. The fourth-order valence-corrected chi connectivity index (χ4v) is 7.99. The molecule has 46 heavy (non-hydrogen) atoms. The maximum Gasteiger partial charge on any atom is 0.235 e. The van der Waals surface area contributed by atoms with Crippen molar-refractivity contribution >= 4 is 54.3 Å². The van der Waals surface area contributed by atoms with Crippen LogP contribution in [0.3, 0.4) is 0 Å². The zero-order valence-corrected chi connectivity index (χ0v) is 25.6. The maximum atomic E-state index is 5.52. The molecule has 0 atom stereocenters. The number of rotatable bonds is 2. The van der Waals surface area contributed by atoms with Crippen molar-refractivity contribution in [3.63, 3.8) is 0 Å². The second kappa shape index (κ2) is 9.12. The lowest BCUT2D eigenvalue weighted by atomic mass is 9.82. The Balaban J connectivity index is 1.33. The molecule has 1 aliphatic carbocycles. The van der Waals surface area contributed by atoms with Crippen LogP contribution in [0.5, 0.6) is 0 Å². The van der Waals surface area contributed by atoms with Crippen molar-refractivity contribution in [3.8, 4) is 28.3 Å². The number of aromatic nitrogens is 3. The van der Waals surface area contributed by atoms with E-state index in [1.54, 1.807) is 0 Å². The molecule has 2 heterocycles. The number of fused-ring (bicyclic) bond motifs is 10. The summed E-state index contributed by atoms with van der Waals surface area (Å²) in [4.78, 5) is 10.8. The summed E-state index contributed by atoms with van der Waals surface area (Å²) in [6, 6.07) is 50.3. The van der Waals surface area contributed by atoms with Gasteiger partial charge in [-0.15, -0.1) is 0 Å². The van der Waals surface area contributed by atoms with Crippen LogP contribution in [0.1, 0.15) is 25.0 Å². The van der Waals surface area contributed by atoms with Gasteiger partial charge >= 0.3 is 0 Å². The second-order valence-corrected chi connectivity index (χ2v) is 13.0. The van der Waals surface area contributed by atoms with Crippen molar-refractivity contribution in [2.24, 2.45) is 0 Å². The Morgan fingerprint density at radius 3 is 2.00 bits per heavy atom. The van der Waals surface area contributed by atoms with Gasteiger partial charge in [0.1, 0.15) is 0 Å². The minimum Gasteiger partial charge on any atom is -0.278 e. The summed E-state index contributed by atoms with van der Waals surface area (Å²) in [6.45, 7) is 4.70. The van der Waals surface area contributed by atoms with E-state index in [2.05, 4.69) is 158 Å². The van der Waals surface area contributed by atoms with Crippen LogP contribution < -0.4 is 0 Å². The Bertz CT molecular complexity index is 2730. The zero-order valence-electron chi connectivity index (χ0n) is 25.6. The average molecular weight is 588 g/mol. The van der Waals surface area contributed by atoms with E-state index in [1.807, 2.05) is 0 Å². The normalized spacial score (nSPS) is 13.6. The van der Waals surface area contributed by atoms with Gasteiger partial charge in [0.15, 0.2) is 0 Å². The van der Waals surface area contributed by atoms with E-state index < -0.39 is 0 Å². The minimum atomic E-state index is -0.135. The van der Waals surface area contributed by atoms with Gasteiger partial charge in [0.05, 0.1) is 22.2 Å². The Labute approximate surface area is 266 Å². The van der Waals surface area contributed by atoms with Gasteiger partial charge in [-0.2, -0.15) is 0 Å². The van der Waals surface area contributed by atoms with Crippen LogP contribution in [0.15, 0.2) is 140 Å². The molecule has 216 valence electrons. The quantitative estimate of drug-likeness (QED) is 0.201. The third kappa shape index (κ3) is 3.37. The third-order valence-corrected chi connectivity index (χ3v) is 10.2. The van der Waals surface area contributed by atoms with Crippen LogP contribution in [-0.2, 0) is 5.41 Å². The van der Waals surface area contributed by atoms with Crippen molar-refractivity contribution < 1.29 is 0 Å². The van der Waals surface area contributed by atoms with Crippen molar-refractivity contribution in [2.75, 3.05) is 0 Å². The third-order valence-electron chi connectivity index (χ3n) is 10.2. The molecule has 0 unspecified atom stereocenters. The number of hydrogen-bond acceptors (Lipinski definition) is 2. The van der Waals surface area contributed by atoms with Gasteiger partial charge in [-0.3, -0.25) is 4.57 Å². The highest BCUT2D eigenvalue weighted by molar-refractivity contribution is 6.14. The molecule has 0 spiro atoms. The predicted octanol–water partition coefficient (Wildman–Crippen LogP) is 11.0. The molecule has 1 aliphatic rings. The fraction of sp³-hybridized carbons (Fsp3) is 0.0698. The molecule has 7 aromatic carbocycles. The van der Waals surface area contributed by atoms with Gasteiger partial charge in [-0.05, 0) is 68.1 Å². The Morgan fingerprint density at radius 1 is 0.478 bits per heavy atom. The highest BCUT2D eigenvalue weighted by atomic mass is 15.2. The predicted molar refractivity (Wildman–Crippen MR) is 192 cm³/mol. The van der Waals surface area contributed by atoms with E-state index >= 15 is 0 Å². The number of hydrogen-bond donors (Lipinski definition) is 0. The number of nitrogens with zero attached hydrogens (tertiary/aromatic N) is 3. The van der Waals surface area contributed by atoms with Gasteiger partial charge in [-0.1, -0.05) is 129 Å². The molecular weight excluding hydrogens is 558 g/mol. The van der Waals surface area contributed by atoms with E-state index in [1.165, 1.54) is 54.6 Å². The molecule has 3 heteroatoms. The van der Waals surface area contributed by atoms with E-state index in [-0.39, 0.29) is 5.41 Å². The molecule has 2 aromatic heterocycles. The maximum absolute atomic E-state index is 5.52. The van der Waals surface area contributed by atoms with Crippen LogP contribution in [0.25, 0.3) is 82.6 Å². The SMILES string of the molecule is CC1(C)c2cccc(-c3nc(-n4c5ccccc5c5cc6ccccc6cc54)nc4ccccc34)c2-c2c1ccc1ccccc21. The molecule has 10 rings (SSSR count). The first-order chi connectivity index (χ1) is 22.6. The number of benzene rings is 7. The standard InChI is InChI=1S/C43H29N3/c1-43(2)34-19-11-18-32(40(34)39-29-15-6-5-12-26(29)22-23-35(39)43)41-31-17-7-9-20-36(31)44-42(45-41)46-37-21-10-8-16-30(37)33-24-27-13-3-4-14-28(27)25-38(33)46/h3-25H,1-2H3. The summed E-state index contributed by atoms with van der Waals surface area (Å²) in [5.74, 6) is 0.684. The van der Waals surface area contributed by atoms with Crippen molar-refractivity contribution in [2.45, 2.75) is 19.3 Å². The van der Waals surface area contributed by atoms with E-state index in [9.17, 15) is 0 Å². The van der Waals surface area contributed by atoms with Gasteiger partial charge in [0.2, 0.25) is 5.95 Å². The van der Waals surface area contributed by atoms with E-state index in [4.69, 9.17) is 9.97 Å². The summed E-state index contributed by atoms with van der Waals surface area (Å²) in [5, 5.41) is 8.42. The Hall–Kier alpha value is -5.80. The first-order valence-corrected chi connectivity index (χ1v) is 15.9.